The summed E-state index contributed by atoms with van der Waals surface area (Å²) in [6.45, 7) is 4.27. The van der Waals surface area contributed by atoms with Crippen molar-refractivity contribution in [2.45, 2.75) is 18.7 Å². The van der Waals surface area contributed by atoms with Gasteiger partial charge < -0.3 is 9.47 Å². The van der Waals surface area contributed by atoms with Crippen molar-refractivity contribution in [2.24, 2.45) is 5.10 Å². The third-order valence-electron chi connectivity index (χ3n) is 6.62. The van der Waals surface area contributed by atoms with Crippen molar-refractivity contribution in [3.05, 3.63) is 131 Å². The average molecular weight is 608 g/mol. The molecule has 0 heterocycles. The van der Waals surface area contributed by atoms with Crippen LogP contribution in [0.2, 0.25) is 0 Å². The second-order valence-electron chi connectivity index (χ2n) is 9.74. The molecule has 5 rings (SSSR count). The van der Waals surface area contributed by atoms with Crippen LogP contribution in [0, 0.1) is 6.92 Å². The first-order valence-electron chi connectivity index (χ1n) is 13.7. The summed E-state index contributed by atoms with van der Waals surface area (Å²) in [6, 6.07) is 30.1. The van der Waals surface area contributed by atoms with Crippen LogP contribution in [-0.4, -0.2) is 33.1 Å². The molecule has 10 heteroatoms. The zero-order valence-electron chi connectivity index (χ0n) is 24.0. The van der Waals surface area contributed by atoms with Crippen molar-refractivity contribution in [1.29, 1.82) is 0 Å². The Hall–Kier alpha value is -5.48. The van der Waals surface area contributed by atoms with Crippen LogP contribution in [0.15, 0.2) is 119 Å². The van der Waals surface area contributed by atoms with E-state index >= 15 is 0 Å². The number of anilines is 1. The fourth-order valence-electron chi connectivity index (χ4n) is 4.35. The monoisotopic (exact) mass is 607 g/mol. The Morgan fingerprint density at radius 2 is 1.50 bits per heavy atom. The summed E-state index contributed by atoms with van der Waals surface area (Å²) in [7, 11) is -3.78. The molecule has 0 aliphatic rings. The van der Waals surface area contributed by atoms with Crippen molar-refractivity contribution in [1.82, 2.24) is 5.43 Å². The van der Waals surface area contributed by atoms with Gasteiger partial charge in [-0.1, -0.05) is 48.0 Å². The standard InChI is InChI=1S/C34H29N3O6S/c1-3-42-28-17-12-26(13-18-28)34(39)43-32-21-14-24-6-4-5-7-30(24)31(32)22-35-36-33(38)25-10-15-27(16-11-25)37-44(40,41)29-19-8-23(2)9-20-29/h4-22,37H,3H2,1-2H3,(H,36,38)/b35-22+. The second-order valence-corrected chi connectivity index (χ2v) is 11.4. The molecule has 0 spiro atoms. The maximum absolute atomic E-state index is 12.9. The molecule has 0 aliphatic carbocycles. The van der Waals surface area contributed by atoms with Gasteiger partial charge in [-0.25, -0.2) is 18.6 Å². The van der Waals surface area contributed by atoms with E-state index in [1.807, 2.05) is 44.2 Å². The summed E-state index contributed by atoms with van der Waals surface area (Å²) in [5.74, 6) is -0.148. The highest BCUT2D eigenvalue weighted by Crippen LogP contribution is 2.28. The van der Waals surface area contributed by atoms with Crippen molar-refractivity contribution in [2.75, 3.05) is 11.3 Å². The number of rotatable bonds is 10. The van der Waals surface area contributed by atoms with E-state index in [1.54, 1.807) is 42.5 Å². The summed E-state index contributed by atoms with van der Waals surface area (Å²) >= 11 is 0. The minimum Gasteiger partial charge on any atom is -0.494 e. The van der Waals surface area contributed by atoms with Crippen molar-refractivity contribution < 1.29 is 27.5 Å². The summed E-state index contributed by atoms with van der Waals surface area (Å²) in [6.07, 6.45) is 1.42. The molecule has 5 aromatic carbocycles. The topological polar surface area (TPSA) is 123 Å². The molecule has 9 nitrogen and oxygen atoms in total. The zero-order valence-corrected chi connectivity index (χ0v) is 24.8. The Morgan fingerprint density at radius 3 is 2.20 bits per heavy atom. The number of hydrazone groups is 1. The molecule has 0 bridgehead atoms. The second kappa shape index (κ2) is 13.2. The SMILES string of the molecule is CCOc1ccc(C(=O)Oc2ccc3ccccc3c2/C=N/NC(=O)c2ccc(NS(=O)(=O)c3ccc(C)cc3)cc2)cc1. The minimum absolute atomic E-state index is 0.136. The summed E-state index contributed by atoms with van der Waals surface area (Å²) in [5.41, 5.74) is 4.85. The number of hydrogen-bond acceptors (Lipinski definition) is 7. The predicted octanol–water partition coefficient (Wildman–Crippen LogP) is 6.33. The number of sulfonamides is 1. The highest BCUT2D eigenvalue weighted by molar-refractivity contribution is 7.92. The molecule has 2 N–H and O–H groups in total. The van der Waals surface area contributed by atoms with Crippen LogP contribution in [0.3, 0.4) is 0 Å². The lowest BCUT2D eigenvalue weighted by Gasteiger charge is -2.11. The van der Waals surface area contributed by atoms with Crippen molar-refractivity contribution in [3.8, 4) is 11.5 Å². The van der Waals surface area contributed by atoms with Gasteiger partial charge in [0.15, 0.2) is 0 Å². The van der Waals surface area contributed by atoms with Crippen LogP contribution in [-0.2, 0) is 10.0 Å². The van der Waals surface area contributed by atoms with Gasteiger partial charge in [-0.3, -0.25) is 9.52 Å². The van der Waals surface area contributed by atoms with Gasteiger partial charge in [0.05, 0.1) is 23.3 Å². The Labute approximate surface area is 255 Å². The molecule has 0 atom stereocenters. The lowest BCUT2D eigenvalue weighted by Crippen LogP contribution is -2.18. The molecule has 0 fully saturated rings. The fraction of sp³-hybridized carbons (Fsp3) is 0.0882. The van der Waals surface area contributed by atoms with Crippen LogP contribution >= 0.6 is 0 Å². The largest absolute Gasteiger partial charge is 0.494 e. The number of esters is 1. The number of nitrogens with one attached hydrogen (secondary N) is 2. The number of ether oxygens (including phenoxy) is 2. The number of aryl methyl sites for hydroxylation is 1. The van der Waals surface area contributed by atoms with E-state index in [-0.39, 0.29) is 16.2 Å². The Balaban J connectivity index is 1.30. The van der Waals surface area contributed by atoms with Crippen LogP contribution in [0.1, 0.15) is 38.8 Å². The third kappa shape index (κ3) is 7.11. The third-order valence-corrected chi connectivity index (χ3v) is 8.02. The van der Waals surface area contributed by atoms with Crippen LogP contribution < -0.4 is 19.6 Å². The van der Waals surface area contributed by atoms with E-state index in [4.69, 9.17) is 9.47 Å². The van der Waals surface area contributed by atoms with Crippen LogP contribution in [0.5, 0.6) is 11.5 Å². The Bertz CT molecular complexity index is 1940. The van der Waals surface area contributed by atoms with Gasteiger partial charge in [0.25, 0.3) is 15.9 Å². The molecular weight excluding hydrogens is 578 g/mol. The molecule has 0 aliphatic heterocycles. The molecular formula is C34H29N3O6S. The van der Waals surface area contributed by atoms with Gasteiger partial charge in [0, 0.05) is 16.8 Å². The fourth-order valence-corrected chi connectivity index (χ4v) is 5.41. The maximum Gasteiger partial charge on any atom is 0.343 e. The molecule has 0 saturated heterocycles. The number of benzene rings is 5. The van der Waals surface area contributed by atoms with E-state index in [9.17, 15) is 18.0 Å². The normalized spacial score (nSPS) is 11.3. The highest BCUT2D eigenvalue weighted by Gasteiger charge is 2.16. The molecule has 1 amide bonds. The van der Waals surface area contributed by atoms with Gasteiger partial charge in [-0.15, -0.1) is 0 Å². The molecule has 5 aromatic rings. The Kier molecular flexibility index (Phi) is 9.01. The van der Waals surface area contributed by atoms with E-state index in [1.165, 1.54) is 42.6 Å². The molecule has 0 unspecified atom stereocenters. The summed E-state index contributed by atoms with van der Waals surface area (Å²) in [4.78, 5) is 25.9. The van der Waals surface area contributed by atoms with Gasteiger partial charge in [0.2, 0.25) is 0 Å². The number of nitrogens with zero attached hydrogens (tertiary/aromatic N) is 1. The van der Waals surface area contributed by atoms with Crippen LogP contribution in [0.25, 0.3) is 10.8 Å². The van der Waals surface area contributed by atoms with Gasteiger partial charge in [-0.05, 0) is 91.3 Å². The molecule has 0 aromatic heterocycles. The van der Waals surface area contributed by atoms with E-state index in [2.05, 4.69) is 15.2 Å². The zero-order chi connectivity index (χ0) is 31.1. The van der Waals surface area contributed by atoms with Crippen molar-refractivity contribution in [3.63, 3.8) is 0 Å². The first-order chi connectivity index (χ1) is 21.2. The van der Waals surface area contributed by atoms with Crippen LogP contribution in [0.4, 0.5) is 5.69 Å². The number of fused-ring (bicyclic) bond motifs is 1. The quantitative estimate of drug-likeness (QED) is 0.0828. The van der Waals surface area contributed by atoms with E-state index in [0.717, 1.165) is 16.3 Å². The summed E-state index contributed by atoms with van der Waals surface area (Å²) < 4.78 is 39.0. The van der Waals surface area contributed by atoms with Crippen molar-refractivity contribution >= 4 is 44.6 Å². The molecule has 0 radical (unpaired) electrons. The smallest absolute Gasteiger partial charge is 0.343 e. The first-order valence-corrected chi connectivity index (χ1v) is 15.2. The number of carbonyl (C=O) groups is 2. The maximum atomic E-state index is 12.9. The van der Waals surface area contributed by atoms with Gasteiger partial charge >= 0.3 is 5.97 Å². The van der Waals surface area contributed by atoms with E-state index < -0.39 is 21.9 Å². The highest BCUT2D eigenvalue weighted by atomic mass is 32.2. The average Bonchev–Trinajstić information content (AvgIpc) is 3.02. The number of hydrogen-bond donors (Lipinski definition) is 2. The number of carbonyl (C=O) groups excluding carboxylic acids is 2. The van der Waals surface area contributed by atoms with Gasteiger partial charge in [-0.2, -0.15) is 5.10 Å². The number of amides is 1. The molecule has 0 saturated carbocycles. The summed E-state index contributed by atoms with van der Waals surface area (Å²) in [5, 5.41) is 5.79. The lowest BCUT2D eigenvalue weighted by atomic mass is 10.0. The molecule has 222 valence electrons. The molecule has 44 heavy (non-hydrogen) atoms. The Morgan fingerprint density at radius 1 is 0.818 bits per heavy atom. The predicted molar refractivity (Wildman–Crippen MR) is 170 cm³/mol. The first kappa shape index (κ1) is 30.0. The van der Waals surface area contributed by atoms with Gasteiger partial charge in [0.1, 0.15) is 11.5 Å². The minimum atomic E-state index is -3.78. The lowest BCUT2D eigenvalue weighted by molar-refractivity contribution is 0.0734. The van der Waals surface area contributed by atoms with E-state index in [0.29, 0.717) is 29.2 Å².